The van der Waals surface area contributed by atoms with Gasteiger partial charge < -0.3 is 14.4 Å². The van der Waals surface area contributed by atoms with Gasteiger partial charge in [0.05, 0.1) is 17.9 Å². The Bertz CT molecular complexity index is 877. The van der Waals surface area contributed by atoms with E-state index in [0.717, 1.165) is 29.7 Å². The molecule has 1 N–H and O–H groups in total. The normalized spacial score (nSPS) is 20.7. The van der Waals surface area contributed by atoms with Crippen LogP contribution in [0.1, 0.15) is 30.1 Å². The van der Waals surface area contributed by atoms with Crippen molar-refractivity contribution in [3.8, 4) is 0 Å². The third-order valence-corrected chi connectivity index (χ3v) is 5.01. The number of hydrogen-bond acceptors (Lipinski definition) is 3. The first kappa shape index (κ1) is 15.6. The Labute approximate surface area is 145 Å². The quantitative estimate of drug-likeness (QED) is 0.797. The molecule has 1 saturated heterocycles. The van der Waals surface area contributed by atoms with Crippen LogP contribution in [-0.2, 0) is 6.42 Å². The summed E-state index contributed by atoms with van der Waals surface area (Å²) in [6.45, 7) is 0.578. The van der Waals surface area contributed by atoms with Gasteiger partial charge in [0.2, 0.25) is 0 Å². The lowest BCUT2D eigenvalue weighted by atomic mass is 9.84. The van der Waals surface area contributed by atoms with Crippen molar-refractivity contribution in [2.45, 2.75) is 31.2 Å². The second-order valence-electron chi connectivity index (χ2n) is 6.47. The molecule has 0 bridgehead atoms. The van der Waals surface area contributed by atoms with Crippen LogP contribution in [0.5, 0.6) is 0 Å². The molecule has 1 aromatic carbocycles. The topological polar surface area (TPSA) is 70.7 Å². The first-order valence-corrected chi connectivity index (χ1v) is 8.54. The van der Waals surface area contributed by atoms with Crippen LogP contribution in [0.4, 0.5) is 4.79 Å². The summed E-state index contributed by atoms with van der Waals surface area (Å²) in [5.41, 5.74) is 2.08. The number of benzene rings is 1. The fourth-order valence-corrected chi connectivity index (χ4v) is 3.85. The number of rotatable bonds is 3. The number of piperidine rings is 1. The SMILES string of the molecule is O=C(O)N1CCCC(c2ncc3cnccn23)C1Cc1ccccc1. The van der Waals surface area contributed by atoms with E-state index in [4.69, 9.17) is 0 Å². The second-order valence-corrected chi connectivity index (χ2v) is 6.47. The third kappa shape index (κ3) is 2.95. The molecule has 0 saturated carbocycles. The van der Waals surface area contributed by atoms with Crippen LogP contribution in [0.2, 0.25) is 0 Å². The van der Waals surface area contributed by atoms with Crippen LogP contribution in [0.15, 0.2) is 55.1 Å². The summed E-state index contributed by atoms with van der Waals surface area (Å²) in [4.78, 5) is 22.2. The fourth-order valence-electron chi connectivity index (χ4n) is 3.85. The number of likely N-dealkylation sites (tertiary alicyclic amines) is 1. The highest BCUT2D eigenvalue weighted by molar-refractivity contribution is 5.66. The number of carbonyl (C=O) groups is 1. The van der Waals surface area contributed by atoms with Gasteiger partial charge in [0, 0.05) is 30.9 Å². The molecule has 1 aliphatic rings. The first-order chi connectivity index (χ1) is 12.2. The zero-order chi connectivity index (χ0) is 17.2. The molecule has 6 nitrogen and oxygen atoms in total. The Morgan fingerprint density at radius 1 is 1.24 bits per heavy atom. The minimum Gasteiger partial charge on any atom is -0.465 e. The molecule has 4 rings (SSSR count). The Balaban J connectivity index is 1.74. The van der Waals surface area contributed by atoms with Crippen molar-refractivity contribution in [1.29, 1.82) is 0 Å². The minimum atomic E-state index is -0.854. The Hall–Kier alpha value is -2.89. The summed E-state index contributed by atoms with van der Waals surface area (Å²) in [7, 11) is 0. The maximum absolute atomic E-state index is 11.8. The molecule has 2 unspecified atom stereocenters. The molecule has 3 aromatic rings. The van der Waals surface area contributed by atoms with Gasteiger partial charge in [-0.15, -0.1) is 0 Å². The maximum atomic E-state index is 11.8. The zero-order valence-electron chi connectivity index (χ0n) is 13.8. The van der Waals surface area contributed by atoms with Crippen LogP contribution in [0.25, 0.3) is 5.52 Å². The molecule has 0 radical (unpaired) electrons. The Morgan fingerprint density at radius 3 is 2.88 bits per heavy atom. The smallest absolute Gasteiger partial charge is 0.407 e. The average molecular weight is 336 g/mol. The van der Waals surface area contributed by atoms with Crippen molar-refractivity contribution in [3.05, 3.63) is 66.5 Å². The Kier molecular flexibility index (Phi) is 4.09. The highest BCUT2D eigenvalue weighted by Crippen LogP contribution is 2.34. The lowest BCUT2D eigenvalue weighted by Gasteiger charge is -2.39. The summed E-state index contributed by atoms with van der Waals surface area (Å²) >= 11 is 0. The number of amides is 1. The van der Waals surface area contributed by atoms with E-state index < -0.39 is 6.09 Å². The summed E-state index contributed by atoms with van der Waals surface area (Å²) in [5.74, 6) is 0.985. The highest BCUT2D eigenvalue weighted by Gasteiger charge is 2.37. The van der Waals surface area contributed by atoms with Crippen molar-refractivity contribution in [3.63, 3.8) is 0 Å². The summed E-state index contributed by atoms with van der Waals surface area (Å²) in [6, 6.07) is 9.96. The van der Waals surface area contributed by atoms with E-state index in [2.05, 4.69) is 22.1 Å². The number of aromatic nitrogens is 3. The molecule has 1 aliphatic heterocycles. The molecule has 2 aromatic heterocycles. The third-order valence-electron chi connectivity index (χ3n) is 5.01. The van der Waals surface area contributed by atoms with Gasteiger partial charge in [-0.05, 0) is 24.8 Å². The number of fused-ring (bicyclic) bond motifs is 1. The van der Waals surface area contributed by atoms with Gasteiger partial charge in [0.15, 0.2) is 0 Å². The summed E-state index contributed by atoms with van der Waals surface area (Å²) in [6.07, 6.45) is 8.84. The van der Waals surface area contributed by atoms with Gasteiger partial charge in [-0.25, -0.2) is 9.78 Å². The van der Waals surface area contributed by atoms with Gasteiger partial charge in [-0.3, -0.25) is 4.98 Å². The van der Waals surface area contributed by atoms with E-state index in [9.17, 15) is 9.90 Å². The molecule has 25 heavy (non-hydrogen) atoms. The largest absolute Gasteiger partial charge is 0.465 e. The standard InChI is InChI=1S/C19H20N4O2/c24-19(25)23-9-4-7-16(17(23)11-14-5-2-1-3-6-14)18-21-13-15-12-20-8-10-22(15)18/h1-3,5-6,8,10,12-13,16-17H,4,7,9,11H2,(H,24,25). The van der Waals surface area contributed by atoms with Crippen LogP contribution in [-0.4, -0.2) is 43.1 Å². The van der Waals surface area contributed by atoms with Crippen LogP contribution >= 0.6 is 0 Å². The lowest BCUT2D eigenvalue weighted by Crippen LogP contribution is -2.48. The average Bonchev–Trinajstić information content (AvgIpc) is 3.06. The van der Waals surface area contributed by atoms with Crippen molar-refractivity contribution < 1.29 is 9.90 Å². The molecule has 1 fully saturated rings. The van der Waals surface area contributed by atoms with Crippen molar-refractivity contribution >= 4 is 11.6 Å². The molecule has 128 valence electrons. The highest BCUT2D eigenvalue weighted by atomic mass is 16.4. The zero-order valence-corrected chi connectivity index (χ0v) is 13.8. The molecule has 0 aliphatic carbocycles. The molecule has 2 atom stereocenters. The number of nitrogens with zero attached hydrogens (tertiary/aromatic N) is 4. The van der Waals surface area contributed by atoms with Gasteiger partial charge in [-0.1, -0.05) is 30.3 Å². The summed E-state index contributed by atoms with van der Waals surface area (Å²) in [5, 5.41) is 9.70. The van der Waals surface area contributed by atoms with Crippen molar-refractivity contribution in [1.82, 2.24) is 19.3 Å². The van der Waals surface area contributed by atoms with Gasteiger partial charge in [0.25, 0.3) is 0 Å². The lowest BCUT2D eigenvalue weighted by molar-refractivity contribution is 0.0947. The number of imidazole rings is 1. The molecule has 3 heterocycles. The first-order valence-electron chi connectivity index (χ1n) is 8.54. The second kappa shape index (κ2) is 6.55. The molecule has 1 amide bonds. The van der Waals surface area contributed by atoms with Crippen LogP contribution in [0, 0.1) is 0 Å². The molecule has 6 heteroatoms. The van der Waals surface area contributed by atoms with Crippen molar-refractivity contribution in [2.24, 2.45) is 0 Å². The van der Waals surface area contributed by atoms with E-state index in [0.29, 0.717) is 13.0 Å². The maximum Gasteiger partial charge on any atom is 0.407 e. The van der Waals surface area contributed by atoms with E-state index >= 15 is 0 Å². The molecular formula is C19H20N4O2. The van der Waals surface area contributed by atoms with Crippen LogP contribution < -0.4 is 0 Å². The van der Waals surface area contributed by atoms with Gasteiger partial charge >= 0.3 is 6.09 Å². The predicted molar refractivity (Wildman–Crippen MR) is 93.6 cm³/mol. The van der Waals surface area contributed by atoms with Gasteiger partial charge in [-0.2, -0.15) is 0 Å². The van der Waals surface area contributed by atoms with E-state index in [-0.39, 0.29) is 12.0 Å². The Morgan fingerprint density at radius 2 is 2.08 bits per heavy atom. The predicted octanol–water partition coefficient (Wildman–Crippen LogP) is 3.20. The number of carboxylic acid groups (broad SMARTS) is 1. The van der Waals surface area contributed by atoms with E-state index in [1.807, 2.05) is 35.0 Å². The van der Waals surface area contributed by atoms with E-state index in [1.54, 1.807) is 17.3 Å². The minimum absolute atomic E-state index is 0.0648. The van der Waals surface area contributed by atoms with Crippen molar-refractivity contribution in [2.75, 3.05) is 6.54 Å². The van der Waals surface area contributed by atoms with E-state index in [1.165, 1.54) is 0 Å². The van der Waals surface area contributed by atoms with Crippen LogP contribution in [0.3, 0.4) is 0 Å². The molecular weight excluding hydrogens is 316 g/mol. The monoisotopic (exact) mass is 336 g/mol. The molecule has 0 spiro atoms. The van der Waals surface area contributed by atoms with Gasteiger partial charge in [0.1, 0.15) is 5.82 Å². The summed E-state index contributed by atoms with van der Waals surface area (Å²) < 4.78 is 2.03. The number of hydrogen-bond donors (Lipinski definition) is 1. The fraction of sp³-hybridized carbons (Fsp3) is 0.316.